The zero-order chi connectivity index (χ0) is 18.3. The summed E-state index contributed by atoms with van der Waals surface area (Å²) in [5, 5.41) is 3.46. The molecule has 1 saturated heterocycles. The van der Waals surface area contributed by atoms with Crippen molar-refractivity contribution in [1.82, 2.24) is 0 Å². The van der Waals surface area contributed by atoms with Crippen LogP contribution in [0.4, 0.5) is 5.69 Å². The highest BCUT2D eigenvalue weighted by Crippen LogP contribution is 2.21. The van der Waals surface area contributed by atoms with Gasteiger partial charge in [0, 0.05) is 18.8 Å². The van der Waals surface area contributed by atoms with Crippen LogP contribution in [0.3, 0.4) is 0 Å². The molecule has 1 aliphatic heterocycles. The Morgan fingerprint density at radius 3 is 2.30 bits per heavy atom. The molecule has 0 aliphatic carbocycles. The number of anilines is 1. The standard InChI is InChI=1S/C24H25NO2/c1-2-5-20(6-3-1)21-10-8-19(9-11-21)17-25-22-12-14-23(15-13-22)27-18-24-7-4-16-26-24/h1-3,5-6,8-15,24-25H,4,7,16-18H2. The van der Waals surface area contributed by atoms with Crippen LogP contribution in [-0.4, -0.2) is 19.3 Å². The lowest BCUT2D eigenvalue weighted by atomic mass is 10.0. The number of rotatable bonds is 7. The fourth-order valence-corrected chi connectivity index (χ4v) is 3.28. The van der Waals surface area contributed by atoms with Crippen molar-refractivity contribution in [2.75, 3.05) is 18.5 Å². The summed E-state index contributed by atoms with van der Waals surface area (Å²) in [4.78, 5) is 0. The molecule has 1 heterocycles. The molecule has 1 fully saturated rings. The summed E-state index contributed by atoms with van der Waals surface area (Å²) in [6, 6.07) is 27.3. The van der Waals surface area contributed by atoms with Crippen molar-refractivity contribution in [2.45, 2.75) is 25.5 Å². The maximum atomic E-state index is 5.81. The van der Waals surface area contributed by atoms with Crippen LogP contribution in [0.1, 0.15) is 18.4 Å². The number of benzene rings is 3. The van der Waals surface area contributed by atoms with Crippen LogP contribution in [-0.2, 0) is 11.3 Å². The van der Waals surface area contributed by atoms with Gasteiger partial charge in [-0.25, -0.2) is 0 Å². The Balaban J connectivity index is 1.28. The van der Waals surface area contributed by atoms with E-state index in [-0.39, 0.29) is 6.10 Å². The molecule has 0 spiro atoms. The molecule has 0 amide bonds. The number of ether oxygens (including phenoxy) is 2. The van der Waals surface area contributed by atoms with Crippen LogP contribution in [0.5, 0.6) is 5.75 Å². The molecule has 3 nitrogen and oxygen atoms in total. The molecule has 1 aliphatic rings. The molecule has 0 aromatic heterocycles. The first-order chi connectivity index (χ1) is 13.4. The molecule has 138 valence electrons. The summed E-state index contributed by atoms with van der Waals surface area (Å²) in [7, 11) is 0. The lowest BCUT2D eigenvalue weighted by Crippen LogP contribution is -2.16. The molecular formula is C24H25NO2. The summed E-state index contributed by atoms with van der Waals surface area (Å²) in [6.45, 7) is 2.30. The number of hydrogen-bond acceptors (Lipinski definition) is 3. The minimum atomic E-state index is 0.252. The fraction of sp³-hybridized carbons (Fsp3) is 0.250. The molecule has 1 N–H and O–H groups in total. The van der Waals surface area contributed by atoms with E-state index in [2.05, 4.69) is 66.0 Å². The normalized spacial score (nSPS) is 16.2. The van der Waals surface area contributed by atoms with Gasteiger partial charge in [0.15, 0.2) is 0 Å². The highest BCUT2D eigenvalue weighted by Gasteiger charge is 2.15. The van der Waals surface area contributed by atoms with E-state index in [1.165, 1.54) is 16.7 Å². The molecule has 3 heteroatoms. The summed E-state index contributed by atoms with van der Waals surface area (Å²) >= 11 is 0. The fourth-order valence-electron chi connectivity index (χ4n) is 3.28. The first-order valence-electron chi connectivity index (χ1n) is 9.59. The molecule has 4 rings (SSSR count). The monoisotopic (exact) mass is 359 g/mol. The number of nitrogens with one attached hydrogen (secondary N) is 1. The molecule has 1 unspecified atom stereocenters. The van der Waals surface area contributed by atoms with Crippen LogP contribution >= 0.6 is 0 Å². The van der Waals surface area contributed by atoms with Gasteiger partial charge in [-0.05, 0) is 53.8 Å². The zero-order valence-corrected chi connectivity index (χ0v) is 15.4. The van der Waals surface area contributed by atoms with Crippen LogP contribution in [0.2, 0.25) is 0 Å². The van der Waals surface area contributed by atoms with Gasteiger partial charge in [0.2, 0.25) is 0 Å². The summed E-state index contributed by atoms with van der Waals surface area (Å²) in [5.41, 5.74) is 4.84. The van der Waals surface area contributed by atoms with E-state index in [1.807, 2.05) is 18.2 Å². The summed E-state index contributed by atoms with van der Waals surface area (Å²) in [6.07, 6.45) is 2.49. The van der Waals surface area contributed by atoms with Crippen molar-refractivity contribution in [3.05, 3.63) is 84.4 Å². The van der Waals surface area contributed by atoms with Crippen LogP contribution in [0.15, 0.2) is 78.9 Å². The van der Waals surface area contributed by atoms with Gasteiger partial charge in [-0.2, -0.15) is 0 Å². The highest BCUT2D eigenvalue weighted by molar-refractivity contribution is 5.63. The lowest BCUT2D eigenvalue weighted by Gasteiger charge is -2.12. The van der Waals surface area contributed by atoms with Crippen molar-refractivity contribution in [2.24, 2.45) is 0 Å². The third-order valence-corrected chi connectivity index (χ3v) is 4.87. The largest absolute Gasteiger partial charge is 0.491 e. The second-order valence-corrected chi connectivity index (χ2v) is 6.89. The Kier molecular flexibility index (Phi) is 5.70. The van der Waals surface area contributed by atoms with Crippen molar-refractivity contribution in [3.63, 3.8) is 0 Å². The van der Waals surface area contributed by atoms with Crippen LogP contribution in [0.25, 0.3) is 11.1 Å². The van der Waals surface area contributed by atoms with E-state index in [1.54, 1.807) is 0 Å². The molecule has 0 radical (unpaired) electrons. The quantitative estimate of drug-likeness (QED) is 0.602. The van der Waals surface area contributed by atoms with Crippen molar-refractivity contribution >= 4 is 5.69 Å². The van der Waals surface area contributed by atoms with Crippen molar-refractivity contribution < 1.29 is 9.47 Å². The molecule has 1 atom stereocenters. The Morgan fingerprint density at radius 2 is 1.59 bits per heavy atom. The minimum absolute atomic E-state index is 0.252. The van der Waals surface area contributed by atoms with Gasteiger partial charge in [0.1, 0.15) is 12.4 Å². The molecule has 0 bridgehead atoms. The Bertz CT molecular complexity index is 823. The summed E-state index contributed by atoms with van der Waals surface area (Å²) < 4.78 is 11.4. The predicted molar refractivity (Wildman–Crippen MR) is 110 cm³/mol. The maximum Gasteiger partial charge on any atom is 0.119 e. The summed E-state index contributed by atoms with van der Waals surface area (Å²) in [5.74, 6) is 0.892. The number of hydrogen-bond donors (Lipinski definition) is 1. The Labute approximate surface area is 161 Å². The molecular weight excluding hydrogens is 334 g/mol. The molecule has 3 aromatic carbocycles. The van der Waals surface area contributed by atoms with Crippen LogP contribution in [0, 0.1) is 0 Å². The van der Waals surface area contributed by atoms with Gasteiger partial charge in [-0.15, -0.1) is 0 Å². The topological polar surface area (TPSA) is 30.5 Å². The molecule has 0 saturated carbocycles. The average molecular weight is 359 g/mol. The van der Waals surface area contributed by atoms with Gasteiger partial charge < -0.3 is 14.8 Å². The predicted octanol–water partition coefficient (Wildman–Crippen LogP) is 5.52. The van der Waals surface area contributed by atoms with Crippen molar-refractivity contribution in [3.8, 4) is 16.9 Å². The smallest absolute Gasteiger partial charge is 0.119 e. The molecule has 27 heavy (non-hydrogen) atoms. The first-order valence-corrected chi connectivity index (χ1v) is 9.59. The third kappa shape index (κ3) is 4.89. The lowest BCUT2D eigenvalue weighted by molar-refractivity contribution is 0.0679. The van der Waals surface area contributed by atoms with E-state index in [0.717, 1.165) is 37.4 Å². The second kappa shape index (κ2) is 8.74. The SMILES string of the molecule is c1ccc(-c2ccc(CNc3ccc(OCC4CCCO4)cc3)cc2)cc1. The van der Waals surface area contributed by atoms with Gasteiger partial charge in [-0.1, -0.05) is 54.6 Å². The van der Waals surface area contributed by atoms with Gasteiger partial charge >= 0.3 is 0 Å². The van der Waals surface area contributed by atoms with E-state index >= 15 is 0 Å². The highest BCUT2D eigenvalue weighted by atomic mass is 16.5. The Hall–Kier alpha value is -2.78. The van der Waals surface area contributed by atoms with Crippen LogP contribution < -0.4 is 10.1 Å². The van der Waals surface area contributed by atoms with E-state index in [4.69, 9.17) is 9.47 Å². The second-order valence-electron chi connectivity index (χ2n) is 6.89. The minimum Gasteiger partial charge on any atom is -0.491 e. The van der Waals surface area contributed by atoms with E-state index in [0.29, 0.717) is 6.61 Å². The van der Waals surface area contributed by atoms with Crippen molar-refractivity contribution in [1.29, 1.82) is 0 Å². The van der Waals surface area contributed by atoms with Gasteiger partial charge in [-0.3, -0.25) is 0 Å². The Morgan fingerprint density at radius 1 is 0.852 bits per heavy atom. The van der Waals surface area contributed by atoms with Gasteiger partial charge in [0.25, 0.3) is 0 Å². The average Bonchev–Trinajstić information content (AvgIpc) is 3.26. The van der Waals surface area contributed by atoms with E-state index in [9.17, 15) is 0 Å². The zero-order valence-electron chi connectivity index (χ0n) is 15.4. The van der Waals surface area contributed by atoms with Gasteiger partial charge in [0.05, 0.1) is 6.10 Å². The van der Waals surface area contributed by atoms with E-state index < -0.39 is 0 Å². The maximum absolute atomic E-state index is 5.81. The third-order valence-electron chi connectivity index (χ3n) is 4.87. The molecule has 3 aromatic rings. The first kappa shape index (κ1) is 17.6.